The minimum Gasteiger partial charge on any atom is -0.495 e. The molecule has 10 nitrogen and oxygen atoms in total. The molecule has 4 rings (SSSR count). The number of para-hydroxylation sites is 1. The molecule has 2 heterocycles. The Labute approximate surface area is 257 Å². The van der Waals surface area contributed by atoms with E-state index in [1.807, 2.05) is 0 Å². The van der Waals surface area contributed by atoms with Crippen LogP contribution in [0.3, 0.4) is 0 Å². The lowest BCUT2D eigenvalue weighted by molar-refractivity contribution is 0.0497. The van der Waals surface area contributed by atoms with Gasteiger partial charge in [-0.3, -0.25) is 9.36 Å². The van der Waals surface area contributed by atoms with Gasteiger partial charge in [0.05, 0.1) is 35.9 Å². The summed E-state index contributed by atoms with van der Waals surface area (Å²) in [5, 5.41) is 11.5. The highest BCUT2D eigenvalue weighted by Crippen LogP contribution is 2.33. The number of carbonyl (C=O) groups is 1. The number of oxazole rings is 1. The predicted molar refractivity (Wildman–Crippen MR) is 170 cm³/mol. The lowest BCUT2D eigenvalue weighted by atomic mass is 10.1. The molecule has 236 valence electrons. The Morgan fingerprint density at radius 2 is 1.55 bits per heavy atom. The summed E-state index contributed by atoms with van der Waals surface area (Å²) in [6.07, 6.45) is 14.6. The summed E-state index contributed by atoms with van der Waals surface area (Å²) in [6.45, 7) is 2.53. The van der Waals surface area contributed by atoms with E-state index in [1.165, 1.54) is 94.7 Å². The van der Waals surface area contributed by atoms with E-state index in [2.05, 4.69) is 11.9 Å². The molecule has 0 saturated carbocycles. The van der Waals surface area contributed by atoms with Crippen molar-refractivity contribution in [3.8, 4) is 28.9 Å². The fourth-order valence-electron chi connectivity index (χ4n) is 5.33. The first-order valence-electron chi connectivity index (χ1n) is 15.6. The molecular weight excluding hydrogens is 562 g/mol. The van der Waals surface area contributed by atoms with Crippen LogP contribution in [0.1, 0.15) is 94.3 Å². The van der Waals surface area contributed by atoms with Crippen molar-refractivity contribution < 1.29 is 23.8 Å². The second kappa shape index (κ2) is 15.9. The monoisotopic (exact) mass is 605 g/mol. The van der Waals surface area contributed by atoms with Crippen LogP contribution in [0.2, 0.25) is 0 Å². The fraction of sp³-hybridized carbons (Fsp3) is 0.471. The Hall–Kier alpha value is -4.34. The summed E-state index contributed by atoms with van der Waals surface area (Å²) < 4.78 is 18.4. The van der Waals surface area contributed by atoms with Crippen molar-refractivity contribution in [2.45, 2.75) is 84.0 Å². The van der Waals surface area contributed by atoms with Crippen LogP contribution in [0.25, 0.3) is 28.2 Å². The number of benzene rings is 2. The molecule has 2 aromatic carbocycles. The highest BCUT2D eigenvalue weighted by Gasteiger charge is 2.26. The molecule has 10 heteroatoms. The predicted octanol–water partition coefficient (Wildman–Crippen LogP) is 6.92. The van der Waals surface area contributed by atoms with Crippen molar-refractivity contribution in [2.75, 3.05) is 13.7 Å². The Morgan fingerprint density at radius 3 is 2.20 bits per heavy atom. The normalized spacial score (nSPS) is 11.2. The van der Waals surface area contributed by atoms with Crippen LogP contribution in [0.4, 0.5) is 0 Å². The number of aromatic hydroxyl groups is 1. The van der Waals surface area contributed by atoms with Crippen molar-refractivity contribution in [1.82, 2.24) is 14.1 Å². The average Bonchev–Trinajstić information content (AvgIpc) is 3.33. The molecule has 0 saturated heterocycles. The van der Waals surface area contributed by atoms with Crippen LogP contribution < -0.4 is 16.1 Å². The fourth-order valence-corrected chi connectivity index (χ4v) is 5.33. The maximum absolute atomic E-state index is 13.0. The minimum absolute atomic E-state index is 0.0287. The third kappa shape index (κ3) is 7.78. The number of hydrogen-bond acceptors (Lipinski definition) is 8. The zero-order chi connectivity index (χ0) is 31.5. The Kier molecular flexibility index (Phi) is 11.8. The van der Waals surface area contributed by atoms with Crippen LogP contribution >= 0.6 is 0 Å². The first-order valence-corrected chi connectivity index (χ1v) is 15.6. The van der Waals surface area contributed by atoms with Crippen LogP contribution in [0.5, 0.6) is 11.6 Å². The highest BCUT2D eigenvalue weighted by atomic mass is 16.5. The number of hydrogen-bond donors (Lipinski definition) is 1. The third-order valence-corrected chi connectivity index (χ3v) is 7.86. The first-order chi connectivity index (χ1) is 21.4. The smallest absolute Gasteiger partial charge is 0.427 e. The van der Waals surface area contributed by atoms with E-state index in [-0.39, 0.29) is 34.1 Å². The van der Waals surface area contributed by atoms with Crippen LogP contribution in [-0.4, -0.2) is 38.9 Å². The summed E-state index contributed by atoms with van der Waals surface area (Å²) in [5.74, 6) is -2.19. The van der Waals surface area contributed by atoms with Crippen molar-refractivity contribution in [3.63, 3.8) is 0 Å². The zero-order valence-electron chi connectivity index (χ0n) is 26.0. The molecule has 44 heavy (non-hydrogen) atoms. The minimum atomic E-state index is -0.944. The van der Waals surface area contributed by atoms with Gasteiger partial charge in [0.25, 0.3) is 5.56 Å². The Bertz CT molecular complexity index is 1670. The molecule has 0 bridgehead atoms. The molecule has 2 aromatic heterocycles. The van der Waals surface area contributed by atoms with Gasteiger partial charge in [-0.2, -0.15) is 0 Å². The molecule has 0 radical (unpaired) electrons. The van der Waals surface area contributed by atoms with Gasteiger partial charge in [-0.05, 0) is 36.8 Å². The van der Waals surface area contributed by atoms with E-state index in [0.29, 0.717) is 17.5 Å². The molecule has 0 atom stereocenters. The summed E-state index contributed by atoms with van der Waals surface area (Å²) >= 11 is 0. The van der Waals surface area contributed by atoms with Gasteiger partial charge in [0.2, 0.25) is 11.6 Å². The highest BCUT2D eigenvalue weighted by molar-refractivity contribution is 5.90. The summed E-state index contributed by atoms with van der Waals surface area (Å²) in [7, 11) is 2.88. The molecule has 0 fully saturated rings. The van der Waals surface area contributed by atoms with Crippen LogP contribution in [0.15, 0.2) is 56.5 Å². The SMILES string of the molecule is CCCCCCCCCCCCCCOC(=O)c1ccc(OC)c(-n2c(O)c(-c3nc4ccccc4c(=O)n3C)oc2=O)c1. The first kappa shape index (κ1) is 32.6. The Morgan fingerprint density at radius 1 is 0.909 bits per heavy atom. The molecule has 0 amide bonds. The van der Waals surface area contributed by atoms with Crippen LogP contribution in [0, 0.1) is 0 Å². The molecule has 0 aliphatic heterocycles. The van der Waals surface area contributed by atoms with Crippen molar-refractivity contribution in [1.29, 1.82) is 0 Å². The molecular formula is C34H43N3O7. The lowest BCUT2D eigenvalue weighted by Crippen LogP contribution is -2.20. The maximum Gasteiger partial charge on any atom is 0.427 e. The number of unbranched alkanes of at least 4 members (excludes halogenated alkanes) is 11. The third-order valence-electron chi connectivity index (χ3n) is 7.86. The van der Waals surface area contributed by atoms with E-state index >= 15 is 0 Å². The van der Waals surface area contributed by atoms with Crippen molar-refractivity contribution >= 4 is 16.9 Å². The average molecular weight is 606 g/mol. The molecule has 0 aliphatic rings. The van der Waals surface area contributed by atoms with Gasteiger partial charge < -0.3 is 19.0 Å². The Balaban J connectivity index is 1.38. The van der Waals surface area contributed by atoms with E-state index in [0.717, 1.165) is 23.8 Å². The molecule has 4 aromatic rings. The number of nitrogens with zero attached hydrogens (tertiary/aromatic N) is 3. The van der Waals surface area contributed by atoms with E-state index < -0.39 is 17.6 Å². The summed E-state index contributed by atoms with van der Waals surface area (Å²) in [5.41, 5.74) is 0.285. The molecule has 0 spiro atoms. The number of carbonyl (C=O) groups excluding carboxylic acids is 1. The van der Waals surface area contributed by atoms with Gasteiger partial charge in [-0.1, -0.05) is 89.7 Å². The van der Waals surface area contributed by atoms with E-state index in [1.54, 1.807) is 24.3 Å². The van der Waals surface area contributed by atoms with Crippen molar-refractivity contribution in [3.05, 3.63) is 68.9 Å². The number of methoxy groups -OCH3 is 1. The number of esters is 1. The molecule has 1 N–H and O–H groups in total. The second-order valence-electron chi connectivity index (χ2n) is 11.1. The molecule has 0 unspecified atom stereocenters. The quantitative estimate of drug-likeness (QED) is 0.102. The number of fused-ring (bicyclic) bond motifs is 1. The second-order valence-corrected chi connectivity index (χ2v) is 11.1. The molecule has 0 aliphatic carbocycles. The van der Waals surface area contributed by atoms with Crippen LogP contribution in [-0.2, 0) is 11.8 Å². The number of ether oxygens (including phenoxy) is 2. The zero-order valence-corrected chi connectivity index (χ0v) is 26.0. The van der Waals surface area contributed by atoms with Gasteiger partial charge >= 0.3 is 11.7 Å². The maximum atomic E-state index is 13.0. The van der Waals surface area contributed by atoms with Gasteiger partial charge in [-0.15, -0.1) is 0 Å². The lowest BCUT2D eigenvalue weighted by Gasteiger charge is -2.11. The van der Waals surface area contributed by atoms with Gasteiger partial charge in [0.1, 0.15) is 5.75 Å². The van der Waals surface area contributed by atoms with Crippen molar-refractivity contribution in [2.24, 2.45) is 7.05 Å². The summed E-state index contributed by atoms with van der Waals surface area (Å²) in [4.78, 5) is 43.2. The topological polar surface area (TPSA) is 126 Å². The largest absolute Gasteiger partial charge is 0.495 e. The van der Waals surface area contributed by atoms with Gasteiger partial charge in [-0.25, -0.2) is 19.1 Å². The van der Waals surface area contributed by atoms with E-state index in [4.69, 9.17) is 13.9 Å². The van der Waals surface area contributed by atoms with Gasteiger partial charge in [0, 0.05) is 7.05 Å². The number of rotatable bonds is 17. The standard InChI is InChI=1S/C34H43N3O7/c1-4-5-6-7-8-9-10-11-12-13-14-17-22-43-33(40)24-20-21-28(42-3)27(23-24)37-32(39)29(44-34(37)41)30-35-26-19-16-15-18-25(26)31(38)36(30)2/h15-16,18-21,23,39H,4-14,17,22H2,1-3H3. The summed E-state index contributed by atoms with van der Waals surface area (Å²) in [6, 6.07) is 11.2. The number of aromatic nitrogens is 3. The van der Waals surface area contributed by atoms with Gasteiger partial charge in [0.15, 0.2) is 5.82 Å². The van der Waals surface area contributed by atoms with E-state index in [9.17, 15) is 19.5 Å².